The molecule has 0 spiro atoms. The van der Waals surface area contributed by atoms with Crippen LogP contribution in [-0.4, -0.2) is 64.4 Å². The lowest BCUT2D eigenvalue weighted by atomic mass is 10.1. The lowest BCUT2D eigenvalue weighted by Crippen LogP contribution is -2.50. The van der Waals surface area contributed by atoms with Crippen LogP contribution < -0.4 is 0 Å². The van der Waals surface area contributed by atoms with Crippen molar-refractivity contribution in [2.24, 2.45) is 0 Å². The molecule has 150 valence electrons. The number of amides is 2. The van der Waals surface area contributed by atoms with Gasteiger partial charge >= 0.3 is 6.09 Å². The highest BCUT2D eigenvalue weighted by molar-refractivity contribution is 5.96. The van der Waals surface area contributed by atoms with Crippen LogP contribution in [0.15, 0.2) is 24.3 Å². The third-order valence-electron chi connectivity index (χ3n) is 5.14. The van der Waals surface area contributed by atoms with Gasteiger partial charge in [-0.2, -0.15) is 5.10 Å². The fraction of sp³-hybridized carbons (Fsp3) is 0.476. The minimum atomic E-state index is -0.312. The summed E-state index contributed by atoms with van der Waals surface area (Å²) in [7, 11) is 0. The van der Waals surface area contributed by atoms with Crippen LogP contribution in [0.4, 0.5) is 4.79 Å². The molecule has 0 N–H and O–H groups in total. The van der Waals surface area contributed by atoms with E-state index in [1.165, 1.54) is 5.56 Å². The highest BCUT2D eigenvalue weighted by Crippen LogP contribution is 2.18. The zero-order valence-corrected chi connectivity index (χ0v) is 17.1. The molecule has 1 fully saturated rings. The second-order valence-electron chi connectivity index (χ2n) is 7.17. The maximum atomic E-state index is 13.1. The first-order valence-electron chi connectivity index (χ1n) is 9.71. The van der Waals surface area contributed by atoms with Crippen LogP contribution in [0, 0.1) is 20.8 Å². The van der Waals surface area contributed by atoms with Gasteiger partial charge < -0.3 is 14.5 Å². The third kappa shape index (κ3) is 4.18. The summed E-state index contributed by atoms with van der Waals surface area (Å²) in [5.74, 6) is -0.0198. The Morgan fingerprint density at radius 2 is 1.61 bits per heavy atom. The standard InChI is InChI=1S/C21H28N4O3/c1-5-28-21(27)24-12-10-23(11-13-24)20(26)19-16(3)22-25(17(19)4)14-18-8-6-15(2)7-9-18/h6-9H,5,10-14H2,1-4H3. The van der Waals surface area contributed by atoms with Gasteiger partial charge in [0, 0.05) is 31.9 Å². The quantitative estimate of drug-likeness (QED) is 0.813. The first kappa shape index (κ1) is 19.9. The number of benzene rings is 1. The summed E-state index contributed by atoms with van der Waals surface area (Å²) in [4.78, 5) is 28.4. The van der Waals surface area contributed by atoms with Crippen LogP contribution in [0.25, 0.3) is 0 Å². The third-order valence-corrected chi connectivity index (χ3v) is 5.14. The van der Waals surface area contributed by atoms with E-state index in [1.54, 1.807) is 16.7 Å². The number of aromatic nitrogens is 2. The molecule has 2 heterocycles. The second-order valence-corrected chi connectivity index (χ2v) is 7.17. The van der Waals surface area contributed by atoms with Crippen LogP contribution in [0.3, 0.4) is 0 Å². The zero-order valence-electron chi connectivity index (χ0n) is 17.1. The maximum Gasteiger partial charge on any atom is 0.409 e. The van der Waals surface area contributed by atoms with E-state index in [4.69, 9.17) is 4.74 Å². The Bertz CT molecular complexity index is 849. The largest absolute Gasteiger partial charge is 0.450 e. The molecule has 1 saturated heterocycles. The predicted octanol–water partition coefficient (Wildman–Crippen LogP) is 2.77. The molecule has 1 aliphatic rings. The number of piperazine rings is 1. The molecule has 1 aliphatic heterocycles. The molecule has 7 heteroatoms. The molecule has 7 nitrogen and oxygen atoms in total. The number of carbonyl (C=O) groups excluding carboxylic acids is 2. The SMILES string of the molecule is CCOC(=O)N1CCN(C(=O)c2c(C)nn(Cc3ccc(C)cc3)c2C)CC1. The summed E-state index contributed by atoms with van der Waals surface area (Å²) in [6.45, 7) is 10.6. The lowest BCUT2D eigenvalue weighted by molar-refractivity contribution is 0.0569. The normalized spacial score (nSPS) is 14.3. The van der Waals surface area contributed by atoms with Gasteiger partial charge in [-0.3, -0.25) is 9.48 Å². The van der Waals surface area contributed by atoms with Crippen molar-refractivity contribution in [3.05, 3.63) is 52.3 Å². The number of hydrogen-bond acceptors (Lipinski definition) is 4. The second kappa shape index (κ2) is 8.46. The molecular weight excluding hydrogens is 356 g/mol. The number of carbonyl (C=O) groups is 2. The highest BCUT2D eigenvalue weighted by Gasteiger charge is 2.28. The minimum absolute atomic E-state index is 0.0198. The molecular formula is C21H28N4O3. The van der Waals surface area contributed by atoms with Crippen molar-refractivity contribution in [3.8, 4) is 0 Å². The molecule has 0 bridgehead atoms. The van der Waals surface area contributed by atoms with E-state index in [-0.39, 0.29) is 12.0 Å². The molecule has 0 unspecified atom stereocenters. The fourth-order valence-electron chi connectivity index (χ4n) is 3.49. The van der Waals surface area contributed by atoms with Gasteiger partial charge in [0.2, 0.25) is 0 Å². The average molecular weight is 384 g/mol. The smallest absolute Gasteiger partial charge is 0.409 e. The molecule has 0 atom stereocenters. The van der Waals surface area contributed by atoms with E-state index in [9.17, 15) is 9.59 Å². The van der Waals surface area contributed by atoms with E-state index in [2.05, 4.69) is 36.3 Å². The number of rotatable bonds is 4. The van der Waals surface area contributed by atoms with Gasteiger partial charge in [-0.15, -0.1) is 0 Å². The van der Waals surface area contributed by atoms with Crippen LogP contribution in [0.2, 0.25) is 0 Å². The number of hydrogen-bond donors (Lipinski definition) is 0. The zero-order chi connectivity index (χ0) is 20.3. The lowest BCUT2D eigenvalue weighted by Gasteiger charge is -2.34. The number of ether oxygens (including phenoxy) is 1. The van der Waals surface area contributed by atoms with Crippen molar-refractivity contribution in [1.29, 1.82) is 0 Å². The molecule has 1 aromatic heterocycles. The molecule has 0 aliphatic carbocycles. The minimum Gasteiger partial charge on any atom is -0.450 e. The molecule has 2 amide bonds. The Kier molecular flexibility index (Phi) is 6.02. The van der Waals surface area contributed by atoms with Crippen LogP contribution in [0.1, 0.15) is 39.8 Å². The van der Waals surface area contributed by atoms with Gasteiger partial charge in [0.15, 0.2) is 0 Å². The molecule has 2 aromatic rings. The van der Waals surface area contributed by atoms with Crippen molar-refractivity contribution in [2.75, 3.05) is 32.8 Å². The van der Waals surface area contributed by atoms with Gasteiger partial charge in [-0.05, 0) is 33.3 Å². The van der Waals surface area contributed by atoms with Crippen molar-refractivity contribution < 1.29 is 14.3 Å². The summed E-state index contributed by atoms with van der Waals surface area (Å²) in [5, 5.41) is 4.60. The van der Waals surface area contributed by atoms with E-state index in [0.29, 0.717) is 44.9 Å². The summed E-state index contributed by atoms with van der Waals surface area (Å²) in [6.07, 6.45) is -0.312. The van der Waals surface area contributed by atoms with Crippen LogP contribution >= 0.6 is 0 Å². The van der Waals surface area contributed by atoms with Crippen molar-refractivity contribution >= 4 is 12.0 Å². The molecule has 3 rings (SSSR count). The Labute approximate surface area is 165 Å². The first-order valence-corrected chi connectivity index (χ1v) is 9.71. The van der Waals surface area contributed by atoms with Gasteiger partial charge in [0.05, 0.1) is 24.4 Å². The van der Waals surface area contributed by atoms with Gasteiger partial charge in [-0.25, -0.2) is 4.79 Å². The topological polar surface area (TPSA) is 67.7 Å². The highest BCUT2D eigenvalue weighted by atomic mass is 16.6. The Hall–Kier alpha value is -2.83. The average Bonchev–Trinajstić information content (AvgIpc) is 2.96. The van der Waals surface area contributed by atoms with E-state index < -0.39 is 0 Å². The molecule has 1 aromatic carbocycles. The van der Waals surface area contributed by atoms with Crippen LogP contribution in [-0.2, 0) is 11.3 Å². The van der Waals surface area contributed by atoms with Crippen molar-refractivity contribution in [2.45, 2.75) is 34.2 Å². The Morgan fingerprint density at radius 3 is 2.21 bits per heavy atom. The summed E-state index contributed by atoms with van der Waals surface area (Å²) in [5.41, 5.74) is 4.64. The monoisotopic (exact) mass is 384 g/mol. The van der Waals surface area contributed by atoms with E-state index >= 15 is 0 Å². The van der Waals surface area contributed by atoms with E-state index in [1.807, 2.05) is 18.5 Å². The molecule has 0 saturated carbocycles. The van der Waals surface area contributed by atoms with E-state index in [0.717, 1.165) is 17.0 Å². The van der Waals surface area contributed by atoms with Crippen molar-refractivity contribution in [3.63, 3.8) is 0 Å². The van der Waals surface area contributed by atoms with Gasteiger partial charge in [0.1, 0.15) is 0 Å². The van der Waals surface area contributed by atoms with Gasteiger partial charge in [0.25, 0.3) is 5.91 Å². The van der Waals surface area contributed by atoms with Crippen molar-refractivity contribution in [1.82, 2.24) is 19.6 Å². The summed E-state index contributed by atoms with van der Waals surface area (Å²) < 4.78 is 6.93. The van der Waals surface area contributed by atoms with Crippen LogP contribution in [0.5, 0.6) is 0 Å². The maximum absolute atomic E-state index is 13.1. The first-order chi connectivity index (χ1) is 13.4. The predicted molar refractivity (Wildman–Crippen MR) is 106 cm³/mol. The summed E-state index contributed by atoms with van der Waals surface area (Å²) in [6, 6.07) is 8.33. The molecule has 0 radical (unpaired) electrons. The number of nitrogens with zero attached hydrogens (tertiary/aromatic N) is 4. The Balaban J connectivity index is 1.70. The van der Waals surface area contributed by atoms with Gasteiger partial charge in [-0.1, -0.05) is 29.8 Å². The molecule has 28 heavy (non-hydrogen) atoms. The summed E-state index contributed by atoms with van der Waals surface area (Å²) >= 11 is 0. The number of aryl methyl sites for hydroxylation is 2. The fourth-order valence-corrected chi connectivity index (χ4v) is 3.49. The Morgan fingerprint density at radius 1 is 1.00 bits per heavy atom.